The molecule has 2 amide bonds. The molecular weight excluding hydrogens is 637 g/mol. The largest absolute Gasteiger partial charge is 0.456 e. The van der Waals surface area contributed by atoms with Crippen molar-refractivity contribution in [2.24, 2.45) is 5.92 Å². The lowest BCUT2D eigenvalue weighted by molar-refractivity contribution is -0.117. The Morgan fingerprint density at radius 3 is 2.29 bits per heavy atom. The number of amides is 2. The highest BCUT2D eigenvalue weighted by atomic mass is 32.2. The molecule has 1 aliphatic carbocycles. The van der Waals surface area contributed by atoms with Gasteiger partial charge in [-0.05, 0) is 90.4 Å². The maximum absolute atomic E-state index is 13.9. The summed E-state index contributed by atoms with van der Waals surface area (Å²) in [5, 5.41) is 6.61. The second kappa shape index (κ2) is 15.5. The molecule has 0 bridgehead atoms. The monoisotopic (exact) mass is 676 g/mol. The van der Waals surface area contributed by atoms with Crippen LogP contribution in [0.1, 0.15) is 65.1 Å². The molecule has 0 spiro atoms. The minimum absolute atomic E-state index is 0.158. The number of fused-ring (bicyclic) bond motifs is 1. The zero-order chi connectivity index (χ0) is 34.2. The van der Waals surface area contributed by atoms with Crippen LogP contribution in [0.4, 0.5) is 5.69 Å². The fourth-order valence-corrected chi connectivity index (χ4v) is 6.63. The Morgan fingerprint density at radius 2 is 1.59 bits per heavy atom. The molecule has 1 aliphatic rings. The highest BCUT2D eigenvalue weighted by Gasteiger charge is 2.22. The molecule has 9 heteroatoms. The van der Waals surface area contributed by atoms with Crippen LogP contribution >= 0.6 is 0 Å². The standard InChI is InChI=1S/C40H40N2O6S/c43-39(41-24-25-49(45,46)47)33-18-14-30(15-19-33)26-36(31-16-12-29(13-17-31)11-10-28-6-2-1-3-7-28)40(44)42-35-22-20-32(21-23-35)38-27-34-8-4-5-9-37(34)48-38/h4-5,8-23,27-28,36H,1-3,6-7,24-26H2,(H,41,43)(H,42,44)(H,45,46,47)/b11-10+. The number of carbonyl (C=O) groups is 2. The summed E-state index contributed by atoms with van der Waals surface area (Å²) in [6.07, 6.45) is 11.3. The molecule has 0 saturated heterocycles. The molecule has 1 fully saturated rings. The molecule has 49 heavy (non-hydrogen) atoms. The average molecular weight is 677 g/mol. The highest BCUT2D eigenvalue weighted by Crippen LogP contribution is 2.30. The number of para-hydroxylation sites is 1. The van der Waals surface area contributed by atoms with Crippen LogP contribution in [0.5, 0.6) is 0 Å². The van der Waals surface area contributed by atoms with Crippen molar-refractivity contribution >= 4 is 44.7 Å². The van der Waals surface area contributed by atoms with E-state index in [0.717, 1.165) is 39.0 Å². The first kappa shape index (κ1) is 33.9. The summed E-state index contributed by atoms with van der Waals surface area (Å²) in [7, 11) is -4.17. The molecule has 1 atom stereocenters. The van der Waals surface area contributed by atoms with E-state index in [4.69, 9.17) is 8.97 Å². The van der Waals surface area contributed by atoms with Crippen LogP contribution in [0, 0.1) is 5.92 Å². The van der Waals surface area contributed by atoms with Crippen molar-refractivity contribution in [2.75, 3.05) is 17.6 Å². The van der Waals surface area contributed by atoms with Gasteiger partial charge in [0, 0.05) is 28.7 Å². The van der Waals surface area contributed by atoms with Gasteiger partial charge in [0.15, 0.2) is 0 Å². The molecule has 1 saturated carbocycles. The van der Waals surface area contributed by atoms with E-state index in [1.807, 2.05) is 66.7 Å². The molecule has 6 rings (SSSR count). The summed E-state index contributed by atoms with van der Waals surface area (Å²) in [6.45, 7) is -0.202. The van der Waals surface area contributed by atoms with E-state index in [-0.39, 0.29) is 12.5 Å². The molecule has 1 aromatic heterocycles. The van der Waals surface area contributed by atoms with Gasteiger partial charge in [0.05, 0.1) is 11.7 Å². The van der Waals surface area contributed by atoms with Gasteiger partial charge in [-0.3, -0.25) is 14.1 Å². The minimum Gasteiger partial charge on any atom is -0.456 e. The Balaban J connectivity index is 1.18. The Labute approximate surface area is 287 Å². The maximum atomic E-state index is 13.9. The number of allylic oxidation sites excluding steroid dienone is 1. The number of hydrogen-bond acceptors (Lipinski definition) is 5. The van der Waals surface area contributed by atoms with E-state index in [1.165, 1.54) is 32.1 Å². The van der Waals surface area contributed by atoms with Crippen LogP contribution in [0.15, 0.2) is 114 Å². The van der Waals surface area contributed by atoms with Gasteiger partial charge in [0.1, 0.15) is 11.3 Å². The second-order valence-corrected chi connectivity index (χ2v) is 14.2. The highest BCUT2D eigenvalue weighted by molar-refractivity contribution is 7.85. The van der Waals surface area contributed by atoms with E-state index in [0.29, 0.717) is 23.6 Å². The van der Waals surface area contributed by atoms with Gasteiger partial charge in [-0.2, -0.15) is 8.42 Å². The van der Waals surface area contributed by atoms with Crippen LogP contribution < -0.4 is 10.6 Å². The molecule has 8 nitrogen and oxygen atoms in total. The van der Waals surface area contributed by atoms with Crippen molar-refractivity contribution in [3.05, 3.63) is 131 Å². The summed E-state index contributed by atoms with van der Waals surface area (Å²) >= 11 is 0. The quantitative estimate of drug-likeness (QED) is 0.114. The van der Waals surface area contributed by atoms with Crippen LogP contribution in [-0.2, 0) is 21.3 Å². The van der Waals surface area contributed by atoms with Crippen molar-refractivity contribution in [2.45, 2.75) is 44.4 Å². The zero-order valence-electron chi connectivity index (χ0n) is 27.2. The predicted octanol–water partition coefficient (Wildman–Crippen LogP) is 8.28. The lowest BCUT2D eigenvalue weighted by atomic mass is 9.88. The van der Waals surface area contributed by atoms with E-state index in [9.17, 15) is 18.0 Å². The summed E-state index contributed by atoms with van der Waals surface area (Å²) in [4.78, 5) is 26.4. The Kier molecular flexibility index (Phi) is 10.7. The Bertz CT molecular complexity index is 1990. The Hall–Kier alpha value is -4.99. The lowest BCUT2D eigenvalue weighted by Crippen LogP contribution is -2.28. The maximum Gasteiger partial charge on any atom is 0.266 e. The van der Waals surface area contributed by atoms with E-state index in [2.05, 4.69) is 34.9 Å². The topological polar surface area (TPSA) is 126 Å². The normalized spacial score (nSPS) is 14.6. The number of furan rings is 1. The molecule has 3 N–H and O–H groups in total. The first-order valence-electron chi connectivity index (χ1n) is 16.7. The van der Waals surface area contributed by atoms with Crippen molar-refractivity contribution in [1.82, 2.24) is 5.32 Å². The summed E-state index contributed by atoms with van der Waals surface area (Å²) < 4.78 is 36.9. The van der Waals surface area contributed by atoms with Gasteiger partial charge in [0.2, 0.25) is 5.91 Å². The van der Waals surface area contributed by atoms with E-state index in [1.54, 1.807) is 24.3 Å². The first-order chi connectivity index (χ1) is 23.7. The van der Waals surface area contributed by atoms with Gasteiger partial charge >= 0.3 is 0 Å². The van der Waals surface area contributed by atoms with Gasteiger partial charge in [-0.15, -0.1) is 0 Å². The first-order valence-corrected chi connectivity index (χ1v) is 18.3. The van der Waals surface area contributed by atoms with E-state index >= 15 is 0 Å². The molecule has 252 valence electrons. The van der Waals surface area contributed by atoms with Crippen molar-refractivity contribution in [1.29, 1.82) is 0 Å². The van der Waals surface area contributed by atoms with E-state index < -0.39 is 27.7 Å². The number of hydrogen-bond donors (Lipinski definition) is 3. The molecule has 5 aromatic rings. The number of benzene rings is 4. The van der Waals surface area contributed by atoms with Gasteiger partial charge in [0.25, 0.3) is 16.0 Å². The number of carbonyl (C=O) groups excluding carboxylic acids is 2. The SMILES string of the molecule is O=C(NCCS(=O)(=O)O)c1ccc(CC(C(=O)Nc2ccc(-c3cc4ccccc4o3)cc2)c2ccc(/C=C/C3CCCCC3)cc2)cc1. The van der Waals surface area contributed by atoms with Gasteiger partial charge in [-0.25, -0.2) is 0 Å². The third-order valence-electron chi connectivity index (χ3n) is 9.03. The number of nitrogens with one attached hydrogen (secondary N) is 2. The van der Waals surface area contributed by atoms with Crippen LogP contribution in [0.25, 0.3) is 28.4 Å². The summed E-state index contributed by atoms with van der Waals surface area (Å²) in [5.41, 5.74) is 5.56. The van der Waals surface area contributed by atoms with Crippen molar-refractivity contribution in [3.63, 3.8) is 0 Å². The van der Waals surface area contributed by atoms with Crippen molar-refractivity contribution < 1.29 is 27.0 Å². The Morgan fingerprint density at radius 1 is 0.878 bits per heavy atom. The second-order valence-electron chi connectivity index (χ2n) is 12.6. The van der Waals surface area contributed by atoms with Crippen molar-refractivity contribution in [3.8, 4) is 11.3 Å². The third kappa shape index (κ3) is 9.34. The third-order valence-corrected chi connectivity index (χ3v) is 9.75. The molecule has 0 radical (unpaired) electrons. The van der Waals surface area contributed by atoms with Crippen LogP contribution in [0.2, 0.25) is 0 Å². The molecular formula is C40H40N2O6S. The average Bonchev–Trinajstić information content (AvgIpc) is 3.55. The number of rotatable bonds is 12. The fourth-order valence-electron chi connectivity index (χ4n) is 6.27. The fraction of sp³-hybridized carbons (Fsp3) is 0.250. The van der Waals surface area contributed by atoms with Gasteiger partial charge in [-0.1, -0.05) is 86.0 Å². The summed E-state index contributed by atoms with van der Waals surface area (Å²) in [5.74, 6) is -0.309. The molecule has 4 aromatic carbocycles. The smallest absolute Gasteiger partial charge is 0.266 e. The summed E-state index contributed by atoms with van der Waals surface area (Å²) in [6, 6.07) is 32.4. The number of anilines is 1. The van der Waals surface area contributed by atoms with Crippen LogP contribution in [0.3, 0.4) is 0 Å². The molecule has 0 aliphatic heterocycles. The predicted molar refractivity (Wildman–Crippen MR) is 194 cm³/mol. The molecule has 1 heterocycles. The lowest BCUT2D eigenvalue weighted by Gasteiger charge is -2.19. The molecule has 1 unspecified atom stereocenters. The zero-order valence-corrected chi connectivity index (χ0v) is 28.0. The van der Waals surface area contributed by atoms with Crippen LogP contribution in [-0.4, -0.2) is 37.1 Å². The minimum atomic E-state index is -4.17. The van der Waals surface area contributed by atoms with Gasteiger partial charge < -0.3 is 15.1 Å².